The molecule has 0 N–H and O–H groups in total. The summed E-state index contributed by atoms with van der Waals surface area (Å²) in [7, 11) is 1.90. The van der Waals surface area contributed by atoms with Crippen LogP contribution in [-0.4, -0.2) is 37.1 Å². The molecule has 1 heterocycles. The minimum absolute atomic E-state index is 0.112. The number of hydrogen-bond acceptors (Lipinski definition) is 4. The zero-order valence-corrected chi connectivity index (χ0v) is 14.1. The molecule has 0 aromatic heterocycles. The lowest BCUT2D eigenvalue weighted by Crippen LogP contribution is -2.51. The second-order valence-corrected chi connectivity index (χ2v) is 6.29. The second-order valence-electron chi connectivity index (χ2n) is 6.29. The maximum absolute atomic E-state index is 13.1. The molecule has 0 atom stereocenters. The molecule has 1 fully saturated rings. The van der Waals surface area contributed by atoms with Crippen LogP contribution in [0.15, 0.2) is 48.5 Å². The van der Waals surface area contributed by atoms with Gasteiger partial charge in [-0.15, -0.1) is 0 Å². The Hall–Kier alpha value is -2.54. The van der Waals surface area contributed by atoms with Crippen molar-refractivity contribution in [2.45, 2.75) is 18.7 Å². The minimum Gasteiger partial charge on any atom is -0.488 e. The van der Waals surface area contributed by atoms with Gasteiger partial charge < -0.3 is 9.47 Å². The maximum atomic E-state index is 13.1. The Balaban J connectivity index is 1.75. The van der Waals surface area contributed by atoms with E-state index in [0.29, 0.717) is 18.8 Å². The number of carbonyl (C=O) groups excluding carboxylic acids is 1. The van der Waals surface area contributed by atoms with Gasteiger partial charge in [-0.2, -0.15) is 13.2 Å². The van der Waals surface area contributed by atoms with E-state index in [9.17, 15) is 18.0 Å². The molecule has 0 saturated carbocycles. The largest absolute Gasteiger partial charge is 0.488 e. The van der Waals surface area contributed by atoms with Crippen LogP contribution in [0.3, 0.4) is 0 Å². The van der Waals surface area contributed by atoms with Gasteiger partial charge in [-0.3, -0.25) is 9.69 Å². The number of para-hydroxylation sites is 1. The number of halogens is 3. The van der Waals surface area contributed by atoms with E-state index in [1.165, 1.54) is 6.07 Å². The van der Waals surface area contributed by atoms with E-state index < -0.39 is 17.7 Å². The Labute approximate surface area is 149 Å². The molecule has 0 amide bonds. The number of benzene rings is 2. The highest BCUT2D eigenvalue weighted by Crippen LogP contribution is 2.33. The Morgan fingerprint density at radius 2 is 1.81 bits per heavy atom. The highest BCUT2D eigenvalue weighted by molar-refractivity contribution is 5.75. The van der Waals surface area contributed by atoms with Crippen LogP contribution in [0.4, 0.5) is 13.2 Å². The normalized spacial score (nSPS) is 15.4. The van der Waals surface area contributed by atoms with Crippen molar-refractivity contribution in [3.05, 3.63) is 59.7 Å². The number of rotatable bonds is 5. The maximum Gasteiger partial charge on any atom is 0.416 e. The van der Waals surface area contributed by atoms with E-state index in [1.807, 2.05) is 11.9 Å². The molecule has 26 heavy (non-hydrogen) atoms. The molecule has 2 aromatic carbocycles. The molecular weight excluding hydrogens is 347 g/mol. The van der Waals surface area contributed by atoms with E-state index in [4.69, 9.17) is 9.47 Å². The lowest BCUT2D eigenvalue weighted by atomic mass is 10.1. The predicted molar refractivity (Wildman–Crippen MR) is 89.1 cm³/mol. The fourth-order valence-corrected chi connectivity index (χ4v) is 2.73. The van der Waals surface area contributed by atoms with Crippen molar-refractivity contribution in [2.75, 3.05) is 20.1 Å². The number of hydrogen-bond donors (Lipinski definition) is 0. The van der Waals surface area contributed by atoms with Crippen LogP contribution in [0.25, 0.3) is 0 Å². The topological polar surface area (TPSA) is 38.8 Å². The summed E-state index contributed by atoms with van der Waals surface area (Å²) in [5.74, 6) is -0.177. The highest BCUT2D eigenvalue weighted by atomic mass is 19.4. The zero-order valence-electron chi connectivity index (χ0n) is 14.1. The lowest BCUT2D eigenvalue weighted by molar-refractivity contribution is -0.138. The third-order valence-electron chi connectivity index (χ3n) is 3.95. The van der Waals surface area contributed by atoms with Gasteiger partial charge >= 0.3 is 12.1 Å². The molecule has 0 radical (unpaired) electrons. The first-order valence-corrected chi connectivity index (χ1v) is 8.12. The number of likely N-dealkylation sites (tertiary alicyclic amines) is 1. The molecule has 2 aromatic rings. The van der Waals surface area contributed by atoms with E-state index in [2.05, 4.69) is 0 Å². The van der Waals surface area contributed by atoms with E-state index >= 15 is 0 Å². The first kappa shape index (κ1) is 18.3. The minimum atomic E-state index is -4.52. The summed E-state index contributed by atoms with van der Waals surface area (Å²) in [6.07, 6.45) is -4.94. The van der Waals surface area contributed by atoms with Crippen LogP contribution in [0.1, 0.15) is 11.1 Å². The number of nitrogens with zero attached hydrogens (tertiary/aromatic N) is 1. The van der Waals surface area contributed by atoms with Gasteiger partial charge in [-0.1, -0.05) is 18.2 Å². The monoisotopic (exact) mass is 365 g/mol. The summed E-state index contributed by atoms with van der Waals surface area (Å²) < 4.78 is 50.2. The summed E-state index contributed by atoms with van der Waals surface area (Å²) in [6.45, 7) is 1.31. The van der Waals surface area contributed by atoms with Gasteiger partial charge in [0, 0.05) is 13.1 Å². The molecule has 3 rings (SSSR count). The summed E-state index contributed by atoms with van der Waals surface area (Å²) in [5, 5.41) is 0. The Morgan fingerprint density at radius 3 is 2.42 bits per heavy atom. The van der Waals surface area contributed by atoms with Crippen LogP contribution < -0.4 is 9.47 Å². The van der Waals surface area contributed by atoms with Crippen molar-refractivity contribution in [1.29, 1.82) is 0 Å². The molecule has 0 unspecified atom stereocenters. The Morgan fingerprint density at radius 1 is 1.12 bits per heavy atom. The van der Waals surface area contributed by atoms with Gasteiger partial charge in [0.25, 0.3) is 0 Å². The molecule has 1 aliphatic heterocycles. The highest BCUT2D eigenvalue weighted by Gasteiger charge is 2.32. The van der Waals surface area contributed by atoms with Crippen molar-refractivity contribution in [3.8, 4) is 11.5 Å². The first-order valence-electron chi connectivity index (χ1n) is 8.12. The molecule has 1 saturated heterocycles. The van der Waals surface area contributed by atoms with Crippen LogP contribution in [0, 0.1) is 0 Å². The van der Waals surface area contributed by atoms with Crippen molar-refractivity contribution >= 4 is 5.97 Å². The predicted octanol–water partition coefficient (Wildman–Crippen LogP) is 3.55. The number of ether oxygens (including phenoxy) is 2. The third-order valence-corrected chi connectivity index (χ3v) is 3.95. The zero-order chi connectivity index (χ0) is 18.7. The molecule has 4 nitrogen and oxygen atoms in total. The van der Waals surface area contributed by atoms with Crippen LogP contribution in [-0.2, 0) is 17.4 Å². The van der Waals surface area contributed by atoms with E-state index in [1.54, 1.807) is 30.3 Å². The number of carbonyl (C=O) groups is 1. The second kappa shape index (κ2) is 7.37. The molecule has 7 heteroatoms. The van der Waals surface area contributed by atoms with Crippen LogP contribution in [0.5, 0.6) is 11.5 Å². The molecule has 0 spiro atoms. The summed E-state index contributed by atoms with van der Waals surface area (Å²) in [6, 6.07) is 11.8. The SMILES string of the molecule is CN1CC(Oc2cc(CC(=O)Oc3ccccc3)cc(C(F)(F)F)c2)C1. The molecular formula is C19H18F3NO3. The quantitative estimate of drug-likeness (QED) is 0.600. The Kier molecular flexibility index (Phi) is 5.18. The fourth-order valence-electron chi connectivity index (χ4n) is 2.73. The van der Waals surface area contributed by atoms with E-state index in [-0.39, 0.29) is 23.8 Å². The summed E-state index contributed by atoms with van der Waals surface area (Å²) >= 11 is 0. The van der Waals surface area contributed by atoms with E-state index in [0.717, 1.165) is 12.1 Å². The van der Waals surface area contributed by atoms with Gasteiger partial charge in [0.15, 0.2) is 0 Å². The molecule has 0 aliphatic carbocycles. The molecule has 1 aliphatic rings. The third kappa shape index (κ3) is 4.76. The van der Waals surface area contributed by atoms with Gasteiger partial charge in [0.05, 0.1) is 12.0 Å². The van der Waals surface area contributed by atoms with Gasteiger partial charge in [-0.05, 0) is 42.9 Å². The smallest absolute Gasteiger partial charge is 0.416 e. The summed E-state index contributed by atoms with van der Waals surface area (Å²) in [4.78, 5) is 14.0. The standard InChI is InChI=1S/C19H18F3NO3/c1-23-11-17(12-23)25-16-8-13(7-14(10-16)19(20,21)22)9-18(24)26-15-5-3-2-4-6-15/h2-8,10,17H,9,11-12H2,1H3. The van der Waals surface area contributed by atoms with Gasteiger partial charge in [0.2, 0.25) is 0 Å². The fraction of sp³-hybridized carbons (Fsp3) is 0.316. The van der Waals surface area contributed by atoms with Crippen LogP contribution >= 0.6 is 0 Å². The lowest BCUT2D eigenvalue weighted by Gasteiger charge is -2.36. The summed E-state index contributed by atoms with van der Waals surface area (Å²) in [5.41, 5.74) is -0.645. The van der Waals surface area contributed by atoms with Crippen molar-refractivity contribution in [3.63, 3.8) is 0 Å². The van der Waals surface area contributed by atoms with Gasteiger partial charge in [0.1, 0.15) is 17.6 Å². The average Bonchev–Trinajstić information content (AvgIpc) is 2.53. The van der Waals surface area contributed by atoms with Gasteiger partial charge in [-0.25, -0.2) is 0 Å². The first-order chi connectivity index (χ1) is 12.3. The van der Waals surface area contributed by atoms with Crippen molar-refractivity contribution in [2.24, 2.45) is 0 Å². The molecule has 0 bridgehead atoms. The van der Waals surface area contributed by atoms with Crippen LogP contribution in [0.2, 0.25) is 0 Å². The number of likely N-dealkylation sites (N-methyl/N-ethyl adjacent to an activating group) is 1. The van der Waals surface area contributed by atoms with Crippen molar-refractivity contribution in [1.82, 2.24) is 4.90 Å². The Bertz CT molecular complexity index is 771. The molecule has 138 valence electrons. The van der Waals surface area contributed by atoms with Crippen molar-refractivity contribution < 1.29 is 27.4 Å². The average molecular weight is 365 g/mol. The number of alkyl halides is 3. The number of esters is 1.